The van der Waals surface area contributed by atoms with Gasteiger partial charge >= 0.3 is 6.03 Å². The molecule has 2 aromatic carbocycles. The number of nitrogens with zero attached hydrogens (tertiary/aromatic N) is 1. The van der Waals surface area contributed by atoms with E-state index in [-0.39, 0.29) is 22.1 Å². The van der Waals surface area contributed by atoms with Gasteiger partial charge in [-0.25, -0.2) is 9.69 Å². The molecule has 1 aliphatic heterocycles. The zero-order valence-corrected chi connectivity index (χ0v) is 16.8. The van der Waals surface area contributed by atoms with Gasteiger partial charge in [-0.1, -0.05) is 17.7 Å². The third-order valence-corrected chi connectivity index (χ3v) is 4.80. The molecule has 0 bridgehead atoms. The summed E-state index contributed by atoms with van der Waals surface area (Å²) in [4.78, 5) is 38.5. The highest BCUT2D eigenvalue weighted by atomic mass is 35.5. The second-order valence-electron chi connectivity index (χ2n) is 6.51. The number of amides is 4. The average molecular weight is 415 g/mol. The molecule has 2 aromatic rings. The monoisotopic (exact) mass is 414 g/mol. The predicted octanol–water partition coefficient (Wildman–Crippen LogP) is 3.73. The maximum absolute atomic E-state index is 13.0. The van der Waals surface area contributed by atoms with Crippen molar-refractivity contribution in [1.29, 1.82) is 0 Å². The van der Waals surface area contributed by atoms with Crippen molar-refractivity contribution in [3.8, 4) is 11.5 Å². The van der Waals surface area contributed by atoms with E-state index >= 15 is 0 Å². The molecule has 1 aliphatic rings. The SMILES string of the molecule is CCOc1cc(C=C2C(=O)NC(=O)N(c3ccc(C)c(C)c3)C2=O)cc(Cl)c1O. The van der Waals surface area contributed by atoms with Gasteiger partial charge < -0.3 is 9.84 Å². The van der Waals surface area contributed by atoms with Gasteiger partial charge in [0.2, 0.25) is 0 Å². The van der Waals surface area contributed by atoms with Crippen molar-refractivity contribution in [2.45, 2.75) is 20.8 Å². The van der Waals surface area contributed by atoms with Crippen molar-refractivity contribution in [2.75, 3.05) is 11.5 Å². The van der Waals surface area contributed by atoms with E-state index in [1.807, 2.05) is 13.8 Å². The summed E-state index contributed by atoms with van der Waals surface area (Å²) in [5, 5.41) is 12.1. The van der Waals surface area contributed by atoms with E-state index in [4.69, 9.17) is 16.3 Å². The first-order valence-corrected chi connectivity index (χ1v) is 9.24. The van der Waals surface area contributed by atoms with Crippen molar-refractivity contribution in [1.82, 2.24) is 5.32 Å². The van der Waals surface area contributed by atoms with Crippen LogP contribution in [0.2, 0.25) is 5.02 Å². The quantitative estimate of drug-likeness (QED) is 0.587. The average Bonchev–Trinajstić information content (AvgIpc) is 2.65. The van der Waals surface area contributed by atoms with Crippen LogP contribution in [0.25, 0.3) is 6.08 Å². The van der Waals surface area contributed by atoms with Crippen LogP contribution in [-0.4, -0.2) is 29.6 Å². The van der Waals surface area contributed by atoms with Crippen LogP contribution < -0.4 is 15.0 Å². The normalized spacial score (nSPS) is 15.7. The fraction of sp³-hybridized carbons (Fsp3) is 0.190. The molecule has 0 spiro atoms. The summed E-state index contributed by atoms with van der Waals surface area (Å²) in [6.07, 6.45) is 1.30. The number of barbiturate groups is 1. The molecular weight excluding hydrogens is 396 g/mol. The van der Waals surface area contributed by atoms with Gasteiger partial charge in [0.15, 0.2) is 11.5 Å². The van der Waals surface area contributed by atoms with Crippen molar-refractivity contribution in [3.63, 3.8) is 0 Å². The maximum atomic E-state index is 13.0. The number of ether oxygens (including phenoxy) is 1. The number of aryl methyl sites for hydroxylation is 2. The molecule has 0 saturated carbocycles. The molecular formula is C21H19ClN2O5. The summed E-state index contributed by atoms with van der Waals surface area (Å²) in [7, 11) is 0. The first kappa shape index (κ1) is 20.4. The van der Waals surface area contributed by atoms with Crippen LogP contribution in [0.15, 0.2) is 35.9 Å². The fourth-order valence-corrected chi connectivity index (χ4v) is 3.09. The lowest BCUT2D eigenvalue weighted by Gasteiger charge is -2.27. The number of imide groups is 2. The summed E-state index contributed by atoms with van der Waals surface area (Å²) >= 11 is 6.02. The van der Waals surface area contributed by atoms with Gasteiger partial charge in [0.1, 0.15) is 5.57 Å². The number of aromatic hydroxyl groups is 1. The largest absolute Gasteiger partial charge is 0.503 e. The Hall–Kier alpha value is -3.32. The third-order valence-electron chi connectivity index (χ3n) is 4.51. The van der Waals surface area contributed by atoms with E-state index in [1.54, 1.807) is 25.1 Å². The zero-order valence-electron chi connectivity index (χ0n) is 16.1. The number of carbonyl (C=O) groups is 3. The number of rotatable bonds is 4. The molecule has 1 heterocycles. The molecule has 4 amide bonds. The molecule has 8 heteroatoms. The summed E-state index contributed by atoms with van der Waals surface area (Å²) in [5.41, 5.74) is 2.38. The van der Waals surface area contributed by atoms with Gasteiger partial charge in [0.25, 0.3) is 11.8 Å². The number of hydrogen-bond donors (Lipinski definition) is 2. The minimum Gasteiger partial charge on any atom is -0.503 e. The number of halogens is 1. The van der Waals surface area contributed by atoms with Crippen molar-refractivity contribution >= 4 is 41.2 Å². The second-order valence-corrected chi connectivity index (χ2v) is 6.92. The number of nitrogens with one attached hydrogen (secondary N) is 1. The number of urea groups is 1. The van der Waals surface area contributed by atoms with E-state index < -0.39 is 17.8 Å². The van der Waals surface area contributed by atoms with Gasteiger partial charge in [-0.05, 0) is 67.8 Å². The Morgan fingerprint density at radius 3 is 2.52 bits per heavy atom. The standard InChI is InChI=1S/C21H19ClN2O5/c1-4-29-17-10-13(9-16(22)18(17)25)8-15-19(26)23-21(28)24(20(15)27)14-6-5-11(2)12(3)7-14/h5-10,25H,4H2,1-3H3,(H,23,26,28). The number of phenols is 1. The highest BCUT2D eigenvalue weighted by Gasteiger charge is 2.37. The smallest absolute Gasteiger partial charge is 0.335 e. The molecule has 29 heavy (non-hydrogen) atoms. The summed E-state index contributed by atoms with van der Waals surface area (Å²) in [6.45, 7) is 5.80. The molecule has 7 nitrogen and oxygen atoms in total. The van der Waals surface area contributed by atoms with Gasteiger partial charge in [-0.2, -0.15) is 0 Å². The highest BCUT2D eigenvalue weighted by Crippen LogP contribution is 2.36. The topological polar surface area (TPSA) is 95.9 Å². The lowest BCUT2D eigenvalue weighted by atomic mass is 10.0. The van der Waals surface area contributed by atoms with Crippen LogP contribution in [-0.2, 0) is 9.59 Å². The molecule has 2 N–H and O–H groups in total. The van der Waals surface area contributed by atoms with Crippen molar-refractivity contribution in [2.24, 2.45) is 0 Å². The molecule has 1 fully saturated rings. The Balaban J connectivity index is 2.05. The Labute approximate surface area is 172 Å². The molecule has 150 valence electrons. The summed E-state index contributed by atoms with van der Waals surface area (Å²) in [5.74, 6) is -1.69. The summed E-state index contributed by atoms with van der Waals surface area (Å²) in [6, 6.07) is 7.15. The van der Waals surface area contributed by atoms with Crippen LogP contribution in [0, 0.1) is 13.8 Å². The molecule has 0 radical (unpaired) electrons. The molecule has 3 rings (SSSR count). The van der Waals surface area contributed by atoms with Crippen molar-refractivity contribution in [3.05, 3.63) is 57.6 Å². The lowest BCUT2D eigenvalue weighted by Crippen LogP contribution is -2.54. The number of hydrogen-bond acceptors (Lipinski definition) is 5. The predicted molar refractivity (Wildman–Crippen MR) is 109 cm³/mol. The number of benzene rings is 2. The van der Waals surface area contributed by atoms with Crippen LogP contribution in [0.5, 0.6) is 11.5 Å². The first-order chi connectivity index (χ1) is 13.7. The van der Waals surface area contributed by atoms with E-state index in [0.717, 1.165) is 16.0 Å². The van der Waals surface area contributed by atoms with Gasteiger partial charge in [-0.15, -0.1) is 0 Å². The Morgan fingerprint density at radius 1 is 1.14 bits per heavy atom. The second kappa shape index (κ2) is 7.97. The van der Waals surface area contributed by atoms with E-state index in [0.29, 0.717) is 17.9 Å². The van der Waals surface area contributed by atoms with Gasteiger partial charge in [0.05, 0.1) is 17.3 Å². The molecule has 0 aromatic heterocycles. The lowest BCUT2D eigenvalue weighted by molar-refractivity contribution is -0.122. The van der Waals surface area contributed by atoms with Gasteiger partial charge in [-0.3, -0.25) is 14.9 Å². The minimum absolute atomic E-state index is 0.00792. The summed E-state index contributed by atoms with van der Waals surface area (Å²) < 4.78 is 5.32. The Morgan fingerprint density at radius 2 is 1.86 bits per heavy atom. The van der Waals surface area contributed by atoms with E-state index in [2.05, 4.69) is 5.32 Å². The van der Waals surface area contributed by atoms with Crippen LogP contribution in [0.1, 0.15) is 23.6 Å². The van der Waals surface area contributed by atoms with E-state index in [9.17, 15) is 19.5 Å². The Kier molecular flexibility index (Phi) is 5.61. The van der Waals surface area contributed by atoms with Crippen molar-refractivity contribution < 1.29 is 24.2 Å². The fourth-order valence-electron chi connectivity index (χ4n) is 2.87. The molecule has 0 aliphatic carbocycles. The van der Waals surface area contributed by atoms with Crippen LogP contribution in [0.4, 0.5) is 10.5 Å². The van der Waals surface area contributed by atoms with Gasteiger partial charge in [0, 0.05) is 0 Å². The third kappa shape index (κ3) is 3.95. The van der Waals surface area contributed by atoms with Crippen LogP contribution in [0.3, 0.4) is 0 Å². The maximum Gasteiger partial charge on any atom is 0.335 e. The van der Waals surface area contributed by atoms with E-state index in [1.165, 1.54) is 18.2 Å². The number of anilines is 1. The first-order valence-electron chi connectivity index (χ1n) is 8.87. The Bertz CT molecular complexity index is 1060. The number of carbonyl (C=O) groups excluding carboxylic acids is 3. The highest BCUT2D eigenvalue weighted by molar-refractivity contribution is 6.39. The molecule has 1 saturated heterocycles. The molecule has 0 unspecified atom stereocenters. The zero-order chi connectivity index (χ0) is 21.3. The number of phenolic OH excluding ortho intramolecular Hbond substituents is 1. The molecule has 0 atom stereocenters. The minimum atomic E-state index is -0.820. The van der Waals surface area contributed by atoms with Crippen LogP contribution >= 0.6 is 11.6 Å².